The minimum atomic E-state index is -0.716. The number of benzene rings is 1. The fraction of sp³-hybridized carbons (Fsp3) is 0.292. The van der Waals surface area contributed by atoms with Crippen molar-refractivity contribution in [3.05, 3.63) is 75.2 Å². The fourth-order valence-electron chi connectivity index (χ4n) is 4.19. The molecule has 0 unspecified atom stereocenters. The number of nitrogens with one attached hydrogen (secondary N) is 2. The van der Waals surface area contributed by atoms with Gasteiger partial charge in [0.1, 0.15) is 6.61 Å². The van der Waals surface area contributed by atoms with E-state index in [1.807, 2.05) is 4.90 Å². The molecule has 2 fully saturated rings. The summed E-state index contributed by atoms with van der Waals surface area (Å²) >= 11 is 15.7. The average molecular weight is 553 g/mol. The zero-order valence-electron chi connectivity index (χ0n) is 19.3. The van der Waals surface area contributed by atoms with Crippen LogP contribution in [0.5, 0.6) is 5.75 Å². The summed E-state index contributed by atoms with van der Waals surface area (Å²) in [6, 6.07) is 3.60. The number of thiol groups is 1. The number of halogens is 4. The van der Waals surface area contributed by atoms with Crippen molar-refractivity contribution in [3.63, 3.8) is 0 Å². The van der Waals surface area contributed by atoms with E-state index in [-0.39, 0.29) is 56.2 Å². The van der Waals surface area contributed by atoms with E-state index in [4.69, 9.17) is 39.1 Å². The predicted molar refractivity (Wildman–Crippen MR) is 142 cm³/mol. The van der Waals surface area contributed by atoms with Gasteiger partial charge in [0.2, 0.25) is 0 Å². The lowest BCUT2D eigenvalue weighted by Gasteiger charge is -2.56. The van der Waals surface area contributed by atoms with Crippen molar-refractivity contribution in [2.75, 3.05) is 43.1 Å². The van der Waals surface area contributed by atoms with Crippen molar-refractivity contribution in [1.29, 1.82) is 5.41 Å². The lowest BCUT2D eigenvalue weighted by Crippen LogP contribution is -2.71. The molecule has 5 rings (SSSR count). The Kier molecular flexibility index (Phi) is 7.89. The highest BCUT2D eigenvalue weighted by Crippen LogP contribution is 2.38. The Labute approximate surface area is 222 Å². The lowest BCUT2D eigenvalue weighted by atomic mass is 9.74. The van der Waals surface area contributed by atoms with E-state index in [0.29, 0.717) is 5.56 Å². The van der Waals surface area contributed by atoms with Gasteiger partial charge in [-0.1, -0.05) is 23.2 Å². The number of anilines is 2. The highest BCUT2D eigenvalue weighted by Gasteiger charge is 2.48. The number of aromatic nitrogens is 2. The molecule has 4 heterocycles. The number of hydrogen-bond acceptors (Lipinski definition) is 8. The second kappa shape index (κ2) is 10.8. The van der Waals surface area contributed by atoms with Gasteiger partial charge in [0, 0.05) is 78.6 Å². The molecule has 2 aliphatic heterocycles. The third-order valence-corrected chi connectivity index (χ3v) is 6.81. The zero-order valence-corrected chi connectivity index (χ0v) is 21.7. The first-order valence-corrected chi connectivity index (χ1v) is 12.6. The van der Waals surface area contributed by atoms with Gasteiger partial charge in [-0.05, 0) is 18.4 Å². The third kappa shape index (κ3) is 5.08. The van der Waals surface area contributed by atoms with Crippen LogP contribution < -0.4 is 20.7 Å². The number of nitrogen functional groups attached to an aromatic ring is 1. The molecule has 0 saturated carbocycles. The van der Waals surface area contributed by atoms with Gasteiger partial charge in [-0.15, -0.1) is 0 Å². The Morgan fingerprint density at radius 2 is 1.81 bits per heavy atom. The Balaban J connectivity index is 0.00000148. The van der Waals surface area contributed by atoms with Crippen LogP contribution in [0, 0.1) is 22.5 Å². The molecule has 0 bridgehead atoms. The van der Waals surface area contributed by atoms with Gasteiger partial charge in [-0.2, -0.15) is 12.6 Å². The Morgan fingerprint density at radius 3 is 2.39 bits per heavy atom. The largest absolute Gasteiger partial charge is 0.486 e. The summed E-state index contributed by atoms with van der Waals surface area (Å²) < 4.78 is 34.9. The molecule has 36 heavy (non-hydrogen) atoms. The summed E-state index contributed by atoms with van der Waals surface area (Å²) in [6.07, 6.45) is 5.92. The first-order valence-electron chi connectivity index (χ1n) is 10.9. The van der Waals surface area contributed by atoms with E-state index in [0.717, 1.165) is 32.2 Å². The standard InChI is InChI=1S/C23H20Cl2F2N6O.CH4S/c24-15-5-30-6-16(25)14(15)7-34-20-2-13(19(28)3-17(20)26)21(29)12-1-18(27)22(32-4-12)33-10-23(11-33)8-31-9-23;1-2/h1-6,29,31H,7-11,28H2;2H,1H3. The molecule has 1 aromatic carbocycles. The van der Waals surface area contributed by atoms with Crippen LogP contribution in [0.15, 0.2) is 36.8 Å². The summed E-state index contributed by atoms with van der Waals surface area (Å²) in [5.74, 6) is -1.13. The van der Waals surface area contributed by atoms with Gasteiger partial charge in [-0.3, -0.25) is 10.4 Å². The van der Waals surface area contributed by atoms with E-state index in [9.17, 15) is 8.78 Å². The van der Waals surface area contributed by atoms with Gasteiger partial charge < -0.3 is 20.7 Å². The number of pyridine rings is 2. The summed E-state index contributed by atoms with van der Waals surface area (Å²) in [5.41, 5.74) is 6.94. The van der Waals surface area contributed by atoms with Crippen molar-refractivity contribution >= 4 is 53.0 Å². The third-order valence-electron chi connectivity index (χ3n) is 6.16. The lowest BCUT2D eigenvalue weighted by molar-refractivity contribution is 0.119. The Morgan fingerprint density at radius 1 is 1.14 bits per heavy atom. The van der Waals surface area contributed by atoms with Gasteiger partial charge >= 0.3 is 0 Å². The van der Waals surface area contributed by atoms with Crippen LogP contribution in [0.4, 0.5) is 20.3 Å². The molecule has 0 amide bonds. The molecule has 4 N–H and O–H groups in total. The van der Waals surface area contributed by atoms with Crippen LogP contribution in [0.25, 0.3) is 0 Å². The van der Waals surface area contributed by atoms with Gasteiger partial charge in [0.15, 0.2) is 23.2 Å². The van der Waals surface area contributed by atoms with Gasteiger partial charge in [-0.25, -0.2) is 13.8 Å². The molecule has 1 spiro atoms. The molecule has 190 valence electrons. The van der Waals surface area contributed by atoms with E-state index >= 15 is 0 Å². The molecular weight excluding hydrogens is 529 g/mol. The fourth-order valence-corrected chi connectivity index (χ4v) is 4.67. The molecule has 7 nitrogen and oxygen atoms in total. The van der Waals surface area contributed by atoms with Crippen LogP contribution in [0.3, 0.4) is 0 Å². The molecular formula is C24H24Cl2F2N6OS. The summed E-state index contributed by atoms with van der Waals surface area (Å²) in [4.78, 5) is 10.00. The zero-order chi connectivity index (χ0) is 26.0. The molecule has 2 aliphatic rings. The van der Waals surface area contributed by atoms with E-state index < -0.39 is 11.6 Å². The van der Waals surface area contributed by atoms with Crippen molar-refractivity contribution < 1.29 is 13.5 Å². The van der Waals surface area contributed by atoms with Crippen LogP contribution >= 0.6 is 35.8 Å². The average Bonchev–Trinajstić information content (AvgIpc) is 2.80. The monoisotopic (exact) mass is 552 g/mol. The summed E-state index contributed by atoms with van der Waals surface area (Å²) in [6.45, 7) is 3.24. The first kappa shape index (κ1) is 26.4. The summed E-state index contributed by atoms with van der Waals surface area (Å²) in [5, 5.41) is 12.3. The second-order valence-electron chi connectivity index (χ2n) is 8.60. The highest BCUT2D eigenvalue weighted by molar-refractivity contribution is 7.79. The minimum absolute atomic E-state index is 0.0153. The topological polar surface area (TPSA) is 100 Å². The number of nitrogens with zero attached hydrogens (tertiary/aromatic N) is 3. The molecule has 0 atom stereocenters. The van der Waals surface area contributed by atoms with Crippen LogP contribution in [0.1, 0.15) is 16.7 Å². The molecule has 12 heteroatoms. The van der Waals surface area contributed by atoms with Gasteiger partial charge in [0.25, 0.3) is 0 Å². The summed E-state index contributed by atoms with van der Waals surface area (Å²) in [7, 11) is 0. The van der Waals surface area contributed by atoms with E-state index in [2.05, 4.69) is 27.9 Å². The Hall–Kier alpha value is -2.66. The normalized spacial score (nSPS) is 15.4. The molecule has 0 aliphatic carbocycles. The highest BCUT2D eigenvalue weighted by atomic mass is 35.5. The number of hydrogen-bond donors (Lipinski definition) is 4. The maximum Gasteiger partial charge on any atom is 0.167 e. The maximum absolute atomic E-state index is 14.8. The smallest absolute Gasteiger partial charge is 0.167 e. The Bertz CT molecular complexity index is 1280. The quantitative estimate of drug-likeness (QED) is 0.203. The first-order chi connectivity index (χ1) is 17.3. The minimum Gasteiger partial charge on any atom is -0.486 e. The van der Waals surface area contributed by atoms with Crippen LogP contribution in [-0.4, -0.2) is 48.1 Å². The molecule has 0 radical (unpaired) electrons. The van der Waals surface area contributed by atoms with Crippen molar-refractivity contribution in [3.8, 4) is 5.75 Å². The van der Waals surface area contributed by atoms with E-state index in [1.165, 1.54) is 30.7 Å². The number of ether oxygens (including phenoxy) is 1. The maximum atomic E-state index is 14.8. The van der Waals surface area contributed by atoms with Crippen LogP contribution in [0.2, 0.25) is 10.0 Å². The SMILES string of the molecule is CS.N=C(c1cnc(N2CC3(CNC3)C2)c(F)c1)c1cc(OCc2c(Cl)cncc2Cl)c(F)cc1N. The second-order valence-corrected chi connectivity index (χ2v) is 9.42. The molecule has 2 saturated heterocycles. The van der Waals surface area contributed by atoms with E-state index in [1.54, 1.807) is 6.26 Å². The number of rotatable bonds is 6. The van der Waals surface area contributed by atoms with Crippen molar-refractivity contribution in [1.82, 2.24) is 15.3 Å². The van der Waals surface area contributed by atoms with Crippen molar-refractivity contribution in [2.45, 2.75) is 6.61 Å². The van der Waals surface area contributed by atoms with Crippen molar-refractivity contribution in [2.24, 2.45) is 5.41 Å². The predicted octanol–water partition coefficient (Wildman–Crippen LogP) is 4.59. The number of nitrogens with two attached hydrogens (primary N) is 1. The molecule has 3 aromatic rings. The van der Waals surface area contributed by atoms with Crippen LogP contribution in [-0.2, 0) is 6.61 Å². The van der Waals surface area contributed by atoms with Gasteiger partial charge in [0.05, 0.1) is 15.8 Å². The molecule has 2 aromatic heterocycles.